The van der Waals surface area contributed by atoms with Crippen LogP contribution in [0, 0.1) is 6.92 Å². The van der Waals surface area contributed by atoms with Crippen LogP contribution in [0.5, 0.6) is 0 Å². The highest BCUT2D eigenvalue weighted by molar-refractivity contribution is 5.91. The van der Waals surface area contributed by atoms with Gasteiger partial charge in [-0.15, -0.1) is 0 Å². The zero-order chi connectivity index (χ0) is 24.0. The van der Waals surface area contributed by atoms with E-state index in [1.807, 2.05) is 31.2 Å². The zero-order valence-corrected chi connectivity index (χ0v) is 18.6. The summed E-state index contributed by atoms with van der Waals surface area (Å²) in [5.41, 5.74) is 1.36. The second-order valence-corrected chi connectivity index (χ2v) is 7.40. The van der Waals surface area contributed by atoms with Gasteiger partial charge >= 0.3 is 17.3 Å². The lowest BCUT2D eigenvalue weighted by Crippen LogP contribution is -2.50. The van der Waals surface area contributed by atoms with E-state index in [1.165, 1.54) is 18.6 Å². The second kappa shape index (κ2) is 10.4. The van der Waals surface area contributed by atoms with Crippen molar-refractivity contribution in [3.8, 4) is 0 Å². The van der Waals surface area contributed by atoms with Crippen LogP contribution in [0.2, 0.25) is 0 Å². The molecule has 0 bridgehead atoms. The van der Waals surface area contributed by atoms with E-state index in [0.29, 0.717) is 11.4 Å². The number of nitrogens with one attached hydrogen (secondary N) is 2. The molecule has 0 aliphatic heterocycles. The first kappa shape index (κ1) is 23.5. The van der Waals surface area contributed by atoms with Crippen LogP contribution >= 0.6 is 0 Å². The molecule has 3 rings (SSSR count). The number of ether oxygens (including phenoxy) is 1. The maximum absolute atomic E-state index is 13.3. The number of H-pyrrole nitrogens is 1. The number of benzene rings is 2. The van der Waals surface area contributed by atoms with E-state index in [9.17, 15) is 19.2 Å². The van der Waals surface area contributed by atoms with Crippen molar-refractivity contribution >= 4 is 23.3 Å². The summed E-state index contributed by atoms with van der Waals surface area (Å²) < 4.78 is 6.86. The number of rotatable bonds is 7. The van der Waals surface area contributed by atoms with Crippen LogP contribution in [0.3, 0.4) is 0 Å². The number of aryl methyl sites for hydroxylation is 1. The lowest BCUT2D eigenvalue weighted by atomic mass is 10.1. The third-order valence-corrected chi connectivity index (χ3v) is 4.85. The van der Waals surface area contributed by atoms with E-state index in [4.69, 9.17) is 0 Å². The molecule has 10 heteroatoms. The van der Waals surface area contributed by atoms with E-state index in [-0.39, 0.29) is 31.0 Å². The van der Waals surface area contributed by atoms with Crippen molar-refractivity contribution in [2.45, 2.75) is 33.4 Å². The number of methoxy groups -OCH3 is 1. The molecule has 0 aliphatic rings. The molecule has 0 aliphatic carbocycles. The van der Waals surface area contributed by atoms with Gasteiger partial charge in [-0.3, -0.25) is 19.1 Å². The molecule has 172 valence electrons. The molecule has 0 radical (unpaired) electrons. The normalized spacial score (nSPS) is 11.3. The molecular formula is C23H25N5O5. The monoisotopic (exact) mass is 451 g/mol. The lowest BCUT2D eigenvalue weighted by Gasteiger charge is -2.12. The Bertz CT molecular complexity index is 1350. The van der Waals surface area contributed by atoms with Crippen LogP contribution in [-0.4, -0.2) is 33.1 Å². The number of hydrogen-bond donors (Lipinski definition) is 2. The average Bonchev–Trinajstić information content (AvgIpc) is 2.78. The van der Waals surface area contributed by atoms with Crippen molar-refractivity contribution in [1.82, 2.24) is 14.1 Å². The van der Waals surface area contributed by atoms with E-state index >= 15 is 0 Å². The van der Waals surface area contributed by atoms with Crippen molar-refractivity contribution in [2.75, 3.05) is 12.4 Å². The summed E-state index contributed by atoms with van der Waals surface area (Å²) in [6.07, 6.45) is -0.133. The molecule has 1 amide bonds. The van der Waals surface area contributed by atoms with Gasteiger partial charge in [-0.1, -0.05) is 42.0 Å². The highest BCUT2D eigenvalue weighted by Gasteiger charge is 2.12. The van der Waals surface area contributed by atoms with Gasteiger partial charge in [0.1, 0.15) is 0 Å². The van der Waals surface area contributed by atoms with Crippen LogP contribution in [0.15, 0.2) is 63.1 Å². The Morgan fingerprint density at radius 1 is 1.06 bits per heavy atom. The number of para-hydroxylation sites is 2. The largest absolute Gasteiger partial charge is 0.469 e. The van der Waals surface area contributed by atoms with Crippen molar-refractivity contribution in [2.24, 2.45) is 4.99 Å². The molecule has 0 saturated carbocycles. The SMILES string of the molecule is COC(=O)CCn1c(=O)[nH]/c(=N\c2ccccc2NC(C)=O)n(Cc2ccc(C)cc2)c1=O. The Morgan fingerprint density at radius 3 is 2.42 bits per heavy atom. The van der Waals surface area contributed by atoms with Gasteiger partial charge in [-0.25, -0.2) is 19.1 Å². The molecular weight excluding hydrogens is 426 g/mol. The molecule has 1 heterocycles. The maximum Gasteiger partial charge on any atom is 0.335 e. The zero-order valence-electron chi connectivity index (χ0n) is 18.6. The number of nitrogens with zero attached hydrogens (tertiary/aromatic N) is 3. The van der Waals surface area contributed by atoms with E-state index in [0.717, 1.165) is 15.7 Å². The third kappa shape index (κ3) is 5.94. The molecule has 33 heavy (non-hydrogen) atoms. The summed E-state index contributed by atoms with van der Waals surface area (Å²) in [7, 11) is 1.24. The minimum Gasteiger partial charge on any atom is -0.469 e. The van der Waals surface area contributed by atoms with Crippen LogP contribution in [0.4, 0.5) is 11.4 Å². The molecule has 0 atom stereocenters. The minimum atomic E-state index is -0.709. The summed E-state index contributed by atoms with van der Waals surface area (Å²) in [6.45, 7) is 3.32. The standard InChI is InChI=1S/C23H25N5O5/c1-15-8-10-17(11-9-15)14-28-21(25-19-7-5-4-6-18(19)24-16(2)29)26-22(31)27(23(28)32)13-12-20(30)33-3/h4-11H,12-14H2,1-3H3,(H,24,29)(H,25,26,31). The molecule has 0 unspecified atom stereocenters. The second-order valence-electron chi connectivity index (χ2n) is 7.40. The fraction of sp³-hybridized carbons (Fsp3) is 0.261. The molecule has 1 aromatic heterocycles. The van der Waals surface area contributed by atoms with Crippen LogP contribution in [0.1, 0.15) is 24.5 Å². The number of amides is 1. The first-order valence-electron chi connectivity index (χ1n) is 10.3. The fourth-order valence-corrected chi connectivity index (χ4v) is 3.14. The highest BCUT2D eigenvalue weighted by atomic mass is 16.5. The average molecular weight is 451 g/mol. The van der Waals surface area contributed by atoms with Gasteiger partial charge in [0.25, 0.3) is 0 Å². The molecule has 2 N–H and O–H groups in total. The van der Waals surface area contributed by atoms with Gasteiger partial charge < -0.3 is 10.1 Å². The van der Waals surface area contributed by atoms with Crippen LogP contribution in [0.25, 0.3) is 0 Å². The predicted molar refractivity (Wildman–Crippen MR) is 122 cm³/mol. The lowest BCUT2D eigenvalue weighted by molar-refractivity contribution is -0.140. The van der Waals surface area contributed by atoms with Crippen LogP contribution in [-0.2, 0) is 27.4 Å². The van der Waals surface area contributed by atoms with Gasteiger partial charge in [0.15, 0.2) is 0 Å². The Morgan fingerprint density at radius 2 is 1.76 bits per heavy atom. The van der Waals surface area contributed by atoms with Gasteiger partial charge in [-0.05, 0) is 24.6 Å². The van der Waals surface area contributed by atoms with Crippen molar-refractivity contribution in [1.29, 1.82) is 0 Å². The molecule has 10 nitrogen and oxygen atoms in total. The third-order valence-electron chi connectivity index (χ3n) is 4.85. The topological polar surface area (TPSA) is 128 Å². The number of anilines is 1. The fourth-order valence-electron chi connectivity index (χ4n) is 3.14. The van der Waals surface area contributed by atoms with Gasteiger partial charge in [0.05, 0.1) is 31.5 Å². The molecule has 0 saturated heterocycles. The number of carbonyl (C=O) groups is 2. The maximum atomic E-state index is 13.3. The molecule has 2 aromatic carbocycles. The van der Waals surface area contributed by atoms with E-state index in [1.54, 1.807) is 24.3 Å². The van der Waals surface area contributed by atoms with Crippen molar-refractivity contribution < 1.29 is 14.3 Å². The quantitative estimate of drug-likeness (QED) is 0.526. The Kier molecular flexibility index (Phi) is 7.39. The highest BCUT2D eigenvalue weighted by Crippen LogP contribution is 2.23. The first-order chi connectivity index (χ1) is 15.8. The minimum absolute atomic E-state index is 0.0118. The Hall–Kier alpha value is -4.21. The summed E-state index contributed by atoms with van der Waals surface area (Å²) in [6, 6.07) is 14.4. The number of aromatic nitrogens is 3. The van der Waals surface area contributed by atoms with Crippen molar-refractivity contribution in [3.63, 3.8) is 0 Å². The first-order valence-corrected chi connectivity index (χ1v) is 10.3. The predicted octanol–water partition coefficient (Wildman–Crippen LogP) is 1.45. The van der Waals surface area contributed by atoms with Gasteiger partial charge in [-0.2, -0.15) is 0 Å². The molecule has 0 fully saturated rings. The van der Waals surface area contributed by atoms with E-state index in [2.05, 4.69) is 20.0 Å². The Balaban J connectivity index is 2.18. The number of aromatic amines is 1. The smallest absolute Gasteiger partial charge is 0.335 e. The molecule has 3 aromatic rings. The summed E-state index contributed by atoms with van der Waals surface area (Å²) in [5.74, 6) is -0.818. The number of hydrogen-bond acceptors (Lipinski definition) is 6. The number of esters is 1. The van der Waals surface area contributed by atoms with Gasteiger partial charge in [0, 0.05) is 13.5 Å². The summed E-state index contributed by atoms with van der Waals surface area (Å²) in [4.78, 5) is 56.1. The van der Waals surface area contributed by atoms with Crippen LogP contribution < -0.4 is 22.3 Å². The van der Waals surface area contributed by atoms with E-state index < -0.39 is 17.3 Å². The van der Waals surface area contributed by atoms with Crippen molar-refractivity contribution in [3.05, 3.63) is 86.2 Å². The summed E-state index contributed by atoms with van der Waals surface area (Å²) in [5, 5.41) is 2.68. The Labute approximate surface area is 189 Å². The van der Waals surface area contributed by atoms with Gasteiger partial charge in [0.2, 0.25) is 11.5 Å². The number of carbonyl (C=O) groups excluding carboxylic acids is 2. The summed E-state index contributed by atoms with van der Waals surface area (Å²) >= 11 is 0. The molecule has 0 spiro atoms.